The van der Waals surface area contributed by atoms with Gasteiger partial charge in [0.05, 0.1) is 0 Å². The summed E-state index contributed by atoms with van der Waals surface area (Å²) in [7, 11) is 0. The van der Waals surface area contributed by atoms with Crippen molar-refractivity contribution in [1.82, 2.24) is 4.90 Å². The second-order valence-corrected chi connectivity index (χ2v) is 6.34. The minimum atomic E-state index is 0.0221. The van der Waals surface area contributed by atoms with Crippen LogP contribution in [0.15, 0.2) is 83.6 Å². The smallest absolute Gasteiger partial charge is 0.247 e. The van der Waals surface area contributed by atoms with Gasteiger partial charge in [-0.1, -0.05) is 60.7 Å². The van der Waals surface area contributed by atoms with Crippen molar-refractivity contribution in [2.75, 3.05) is 0 Å². The lowest BCUT2D eigenvalue weighted by Gasteiger charge is -2.21. The van der Waals surface area contributed by atoms with Crippen LogP contribution in [-0.2, 0) is 17.9 Å². The first-order chi connectivity index (χ1) is 11.8. The average molecular weight is 333 g/mol. The van der Waals surface area contributed by atoms with E-state index in [-0.39, 0.29) is 5.91 Å². The van der Waals surface area contributed by atoms with Crippen molar-refractivity contribution in [1.29, 1.82) is 0 Å². The van der Waals surface area contributed by atoms with Crippen LogP contribution in [0.4, 0.5) is 0 Å². The Morgan fingerprint density at radius 1 is 0.875 bits per heavy atom. The summed E-state index contributed by atoms with van der Waals surface area (Å²) in [5, 5.41) is 4.04. The molecule has 0 saturated carbocycles. The minimum absolute atomic E-state index is 0.0221. The summed E-state index contributed by atoms with van der Waals surface area (Å²) in [6.45, 7) is 1.20. The summed E-state index contributed by atoms with van der Waals surface area (Å²) in [6, 6.07) is 22.2. The number of nitrogens with zero attached hydrogens (tertiary/aromatic N) is 1. The molecule has 3 heteroatoms. The van der Waals surface area contributed by atoms with Gasteiger partial charge in [0, 0.05) is 19.2 Å². The number of benzene rings is 2. The van der Waals surface area contributed by atoms with E-state index in [9.17, 15) is 4.79 Å². The van der Waals surface area contributed by atoms with Crippen LogP contribution >= 0.6 is 11.3 Å². The minimum Gasteiger partial charge on any atom is -0.331 e. The average Bonchev–Trinajstić information content (AvgIpc) is 3.14. The molecular formula is C21H19NOS. The molecule has 0 spiro atoms. The SMILES string of the molecule is O=C(/C=C/c1ccsc1)N(Cc1ccccc1)Cc1ccccc1. The van der Waals surface area contributed by atoms with E-state index in [2.05, 4.69) is 0 Å². The fourth-order valence-electron chi connectivity index (χ4n) is 2.46. The van der Waals surface area contributed by atoms with Crippen molar-refractivity contribution in [3.8, 4) is 0 Å². The van der Waals surface area contributed by atoms with Crippen molar-refractivity contribution in [2.45, 2.75) is 13.1 Å². The lowest BCUT2D eigenvalue weighted by molar-refractivity contribution is -0.127. The molecule has 0 atom stereocenters. The third-order valence-electron chi connectivity index (χ3n) is 3.71. The molecule has 2 aromatic carbocycles. The first-order valence-corrected chi connectivity index (χ1v) is 8.82. The highest BCUT2D eigenvalue weighted by molar-refractivity contribution is 7.08. The second kappa shape index (κ2) is 8.27. The molecule has 0 saturated heterocycles. The molecule has 0 fully saturated rings. The summed E-state index contributed by atoms with van der Waals surface area (Å²) in [4.78, 5) is 14.6. The molecule has 0 aliphatic heterocycles. The molecule has 0 aliphatic carbocycles. The maximum absolute atomic E-state index is 12.7. The van der Waals surface area contributed by atoms with Gasteiger partial charge in [0.25, 0.3) is 0 Å². The molecule has 120 valence electrons. The number of amides is 1. The van der Waals surface area contributed by atoms with Crippen LogP contribution in [0, 0.1) is 0 Å². The number of carbonyl (C=O) groups excluding carboxylic acids is 1. The normalized spacial score (nSPS) is 10.8. The van der Waals surface area contributed by atoms with Crippen LogP contribution in [0.1, 0.15) is 16.7 Å². The van der Waals surface area contributed by atoms with Crippen molar-refractivity contribution in [3.05, 3.63) is 100 Å². The Kier molecular flexibility index (Phi) is 5.59. The Morgan fingerprint density at radius 3 is 1.96 bits per heavy atom. The van der Waals surface area contributed by atoms with Gasteiger partial charge in [0.2, 0.25) is 5.91 Å². The largest absolute Gasteiger partial charge is 0.331 e. The molecular weight excluding hydrogens is 314 g/mol. The molecule has 0 unspecified atom stereocenters. The first-order valence-electron chi connectivity index (χ1n) is 7.88. The van der Waals surface area contributed by atoms with E-state index in [0.29, 0.717) is 13.1 Å². The molecule has 3 rings (SSSR count). The van der Waals surface area contributed by atoms with Crippen LogP contribution in [0.2, 0.25) is 0 Å². The second-order valence-electron chi connectivity index (χ2n) is 5.56. The Labute approximate surface area is 146 Å². The van der Waals surface area contributed by atoms with Gasteiger partial charge in [-0.15, -0.1) is 0 Å². The highest BCUT2D eigenvalue weighted by Gasteiger charge is 2.12. The van der Waals surface area contributed by atoms with Gasteiger partial charge in [-0.05, 0) is 39.6 Å². The Bertz CT molecular complexity index is 738. The maximum atomic E-state index is 12.7. The number of thiophene rings is 1. The van der Waals surface area contributed by atoms with E-state index < -0.39 is 0 Å². The zero-order chi connectivity index (χ0) is 16.6. The van der Waals surface area contributed by atoms with Gasteiger partial charge >= 0.3 is 0 Å². The zero-order valence-corrected chi connectivity index (χ0v) is 14.2. The lowest BCUT2D eigenvalue weighted by atomic mass is 10.1. The quantitative estimate of drug-likeness (QED) is 0.582. The van der Waals surface area contributed by atoms with Gasteiger partial charge in [-0.3, -0.25) is 4.79 Å². The Hall–Kier alpha value is -2.65. The monoisotopic (exact) mass is 333 g/mol. The van der Waals surface area contributed by atoms with Crippen molar-refractivity contribution >= 4 is 23.3 Å². The number of hydrogen-bond donors (Lipinski definition) is 0. The van der Waals surface area contributed by atoms with Crippen molar-refractivity contribution in [3.63, 3.8) is 0 Å². The van der Waals surface area contributed by atoms with E-state index in [1.807, 2.05) is 88.5 Å². The summed E-state index contributed by atoms with van der Waals surface area (Å²) in [5.74, 6) is 0.0221. The lowest BCUT2D eigenvalue weighted by Crippen LogP contribution is -2.28. The molecule has 0 aliphatic rings. The van der Waals surface area contributed by atoms with E-state index in [0.717, 1.165) is 16.7 Å². The highest BCUT2D eigenvalue weighted by Crippen LogP contribution is 2.13. The van der Waals surface area contributed by atoms with Gasteiger partial charge < -0.3 is 4.90 Å². The van der Waals surface area contributed by atoms with Crippen LogP contribution < -0.4 is 0 Å². The Morgan fingerprint density at radius 2 is 1.46 bits per heavy atom. The van der Waals surface area contributed by atoms with Gasteiger partial charge in [0.1, 0.15) is 0 Å². The molecule has 2 nitrogen and oxygen atoms in total. The standard InChI is InChI=1S/C21H19NOS/c23-21(12-11-20-13-14-24-17-20)22(15-18-7-3-1-4-8-18)16-19-9-5-2-6-10-19/h1-14,17H,15-16H2/b12-11+. The fourth-order valence-corrected chi connectivity index (χ4v) is 3.09. The number of rotatable bonds is 6. The van der Waals surface area contributed by atoms with Gasteiger partial charge in [0.15, 0.2) is 0 Å². The first kappa shape index (κ1) is 16.2. The van der Waals surface area contributed by atoms with Crippen LogP contribution in [0.5, 0.6) is 0 Å². The van der Waals surface area contributed by atoms with Crippen molar-refractivity contribution in [2.24, 2.45) is 0 Å². The van der Waals surface area contributed by atoms with Crippen molar-refractivity contribution < 1.29 is 4.79 Å². The van der Waals surface area contributed by atoms with E-state index in [1.54, 1.807) is 17.4 Å². The molecule has 1 amide bonds. The topological polar surface area (TPSA) is 20.3 Å². The molecule has 24 heavy (non-hydrogen) atoms. The zero-order valence-electron chi connectivity index (χ0n) is 13.3. The third kappa shape index (κ3) is 4.67. The maximum Gasteiger partial charge on any atom is 0.247 e. The number of carbonyl (C=O) groups is 1. The van der Waals surface area contributed by atoms with E-state index in [4.69, 9.17) is 0 Å². The summed E-state index contributed by atoms with van der Waals surface area (Å²) < 4.78 is 0. The van der Waals surface area contributed by atoms with Crippen LogP contribution in [0.25, 0.3) is 6.08 Å². The molecule has 3 aromatic rings. The summed E-state index contributed by atoms with van der Waals surface area (Å²) in [6.07, 6.45) is 3.54. The predicted molar refractivity (Wildman–Crippen MR) is 100 cm³/mol. The van der Waals surface area contributed by atoms with Gasteiger partial charge in [-0.2, -0.15) is 11.3 Å². The highest BCUT2D eigenvalue weighted by atomic mass is 32.1. The van der Waals surface area contributed by atoms with Crippen LogP contribution in [0.3, 0.4) is 0 Å². The predicted octanol–water partition coefficient (Wildman–Crippen LogP) is 4.99. The molecule has 0 radical (unpaired) electrons. The summed E-state index contributed by atoms with van der Waals surface area (Å²) in [5.41, 5.74) is 3.32. The summed E-state index contributed by atoms with van der Waals surface area (Å²) >= 11 is 1.63. The van der Waals surface area contributed by atoms with Gasteiger partial charge in [-0.25, -0.2) is 0 Å². The fraction of sp³-hybridized carbons (Fsp3) is 0.0952. The third-order valence-corrected chi connectivity index (χ3v) is 4.41. The molecule has 0 bridgehead atoms. The molecule has 0 N–H and O–H groups in total. The molecule has 1 heterocycles. The number of hydrogen-bond acceptors (Lipinski definition) is 2. The molecule has 1 aromatic heterocycles. The van der Waals surface area contributed by atoms with E-state index in [1.165, 1.54) is 0 Å². The Balaban J connectivity index is 1.76. The van der Waals surface area contributed by atoms with Crippen LogP contribution in [-0.4, -0.2) is 10.8 Å². The van der Waals surface area contributed by atoms with E-state index >= 15 is 0 Å².